The number of nitrogens with zero attached hydrogens (tertiary/aromatic N) is 2. The van der Waals surface area contributed by atoms with Gasteiger partial charge in [-0.05, 0) is 43.3 Å². The van der Waals surface area contributed by atoms with Gasteiger partial charge in [0.1, 0.15) is 4.90 Å². The molecule has 9 heteroatoms. The van der Waals surface area contributed by atoms with E-state index in [-0.39, 0.29) is 35.0 Å². The minimum Gasteiger partial charge on any atom is -0.469 e. The Hall–Kier alpha value is -3.20. The number of methoxy groups -OCH3 is 1. The maximum atomic E-state index is 13.1. The van der Waals surface area contributed by atoms with E-state index < -0.39 is 22.0 Å². The van der Waals surface area contributed by atoms with Gasteiger partial charge in [0.05, 0.1) is 24.9 Å². The summed E-state index contributed by atoms with van der Waals surface area (Å²) < 4.78 is 31.5. The van der Waals surface area contributed by atoms with Gasteiger partial charge < -0.3 is 4.74 Å². The van der Waals surface area contributed by atoms with Crippen LogP contribution in [0, 0.1) is 0 Å². The van der Waals surface area contributed by atoms with Crippen molar-refractivity contribution in [2.24, 2.45) is 0 Å². The maximum absolute atomic E-state index is 13.1. The van der Waals surface area contributed by atoms with Crippen molar-refractivity contribution in [3.05, 3.63) is 54.1 Å². The van der Waals surface area contributed by atoms with Crippen molar-refractivity contribution in [2.75, 3.05) is 22.9 Å². The Morgan fingerprint density at radius 1 is 1.04 bits per heavy atom. The summed E-state index contributed by atoms with van der Waals surface area (Å²) >= 11 is 0. The summed E-state index contributed by atoms with van der Waals surface area (Å²) in [6.45, 7) is 1.35. The number of carbonyl (C=O) groups is 3. The summed E-state index contributed by atoms with van der Waals surface area (Å²) in [6, 6.07) is 11.0. The van der Waals surface area contributed by atoms with Gasteiger partial charge in [-0.2, -0.15) is 4.31 Å². The Morgan fingerprint density at radius 3 is 2.29 bits per heavy atom. The second-order valence-corrected chi connectivity index (χ2v) is 7.86. The fourth-order valence-corrected chi connectivity index (χ4v) is 4.51. The van der Waals surface area contributed by atoms with Crippen LogP contribution in [-0.4, -0.2) is 39.9 Å². The van der Waals surface area contributed by atoms with Crippen LogP contribution in [0.25, 0.3) is 0 Å². The van der Waals surface area contributed by atoms with Crippen LogP contribution >= 0.6 is 0 Å². The summed E-state index contributed by atoms with van der Waals surface area (Å²) in [6.07, 6.45) is -0.0895. The Labute approximate surface area is 162 Å². The Kier molecular flexibility index (Phi) is 5.19. The fraction of sp³-hybridized carbons (Fsp3) is 0.211. The average Bonchev–Trinajstić information content (AvgIpc) is 2.68. The highest BCUT2D eigenvalue weighted by atomic mass is 32.2. The number of benzene rings is 2. The summed E-state index contributed by atoms with van der Waals surface area (Å²) in [5.41, 5.74) is 0.703. The molecule has 0 unspecified atom stereocenters. The number of para-hydroxylation sites is 1. The zero-order chi connectivity index (χ0) is 20.5. The third-order valence-electron chi connectivity index (χ3n) is 4.35. The van der Waals surface area contributed by atoms with Gasteiger partial charge in [-0.1, -0.05) is 12.1 Å². The largest absolute Gasteiger partial charge is 0.469 e. The molecule has 3 rings (SSSR count). The summed E-state index contributed by atoms with van der Waals surface area (Å²) in [7, 11) is -2.92. The van der Waals surface area contributed by atoms with Crippen LogP contribution in [0.4, 0.5) is 16.2 Å². The number of amides is 2. The molecule has 1 aliphatic rings. The molecule has 0 spiro atoms. The van der Waals surface area contributed by atoms with E-state index in [1.807, 2.05) is 0 Å². The highest BCUT2D eigenvalue weighted by molar-refractivity contribution is 7.94. The third-order valence-corrected chi connectivity index (χ3v) is 6.10. The van der Waals surface area contributed by atoms with Crippen molar-refractivity contribution in [2.45, 2.75) is 18.2 Å². The molecule has 0 atom stereocenters. The Morgan fingerprint density at radius 2 is 1.68 bits per heavy atom. The summed E-state index contributed by atoms with van der Waals surface area (Å²) in [4.78, 5) is 37.3. The number of carbonyl (C=O) groups excluding carboxylic acids is 3. The van der Waals surface area contributed by atoms with Crippen molar-refractivity contribution in [1.82, 2.24) is 0 Å². The lowest BCUT2D eigenvalue weighted by molar-refractivity contribution is -0.140. The molecule has 0 aromatic heterocycles. The lowest BCUT2D eigenvalue weighted by atomic mass is 10.1. The number of sulfonamides is 1. The van der Waals surface area contributed by atoms with E-state index >= 15 is 0 Å². The van der Waals surface area contributed by atoms with Gasteiger partial charge in [-0.3, -0.25) is 14.5 Å². The Balaban J connectivity index is 2.09. The van der Waals surface area contributed by atoms with Gasteiger partial charge in [0, 0.05) is 12.1 Å². The molecule has 0 aliphatic carbocycles. The molecular formula is C19H18N2O6S. The second-order valence-electron chi connectivity index (χ2n) is 6.10. The van der Waals surface area contributed by atoms with Gasteiger partial charge in [0.2, 0.25) is 0 Å². The van der Waals surface area contributed by atoms with Crippen LogP contribution in [0.2, 0.25) is 0 Å². The molecule has 2 amide bonds. The highest BCUT2D eigenvalue weighted by Crippen LogP contribution is 2.37. The van der Waals surface area contributed by atoms with E-state index in [4.69, 9.17) is 0 Å². The van der Waals surface area contributed by atoms with Crippen LogP contribution in [0.5, 0.6) is 0 Å². The van der Waals surface area contributed by atoms with Crippen LogP contribution < -0.4 is 9.21 Å². The number of anilines is 2. The zero-order valence-electron chi connectivity index (χ0n) is 15.3. The van der Waals surface area contributed by atoms with E-state index in [0.29, 0.717) is 9.87 Å². The fourth-order valence-electron chi connectivity index (χ4n) is 2.91. The molecule has 0 saturated carbocycles. The van der Waals surface area contributed by atoms with Crippen molar-refractivity contribution in [1.29, 1.82) is 0 Å². The molecule has 2 aromatic rings. The maximum Gasteiger partial charge on any atom is 0.343 e. The van der Waals surface area contributed by atoms with Gasteiger partial charge in [-0.25, -0.2) is 13.2 Å². The van der Waals surface area contributed by atoms with E-state index in [2.05, 4.69) is 4.74 Å². The number of ketones is 1. The quantitative estimate of drug-likeness (QED) is 0.563. The average molecular weight is 402 g/mol. The minimum absolute atomic E-state index is 0.0416. The van der Waals surface area contributed by atoms with E-state index in [9.17, 15) is 22.8 Å². The topological polar surface area (TPSA) is 101 Å². The molecule has 28 heavy (non-hydrogen) atoms. The molecule has 146 valence electrons. The van der Waals surface area contributed by atoms with Crippen LogP contribution in [0.1, 0.15) is 23.7 Å². The van der Waals surface area contributed by atoms with Gasteiger partial charge >= 0.3 is 12.0 Å². The second kappa shape index (κ2) is 7.43. The van der Waals surface area contributed by atoms with E-state index in [1.165, 1.54) is 55.3 Å². The first-order valence-corrected chi connectivity index (χ1v) is 9.85. The standard InChI is InChI=1S/C19H18N2O6S/c1-13(22)14-7-9-15(10-8-14)21-19(24)20(12-11-18(23)27-2)16-5-3-4-6-17(16)28(21,25)26/h3-10H,11-12H2,1-2H3. The molecule has 0 fully saturated rings. The number of hydrogen-bond donors (Lipinski definition) is 0. The molecule has 1 aliphatic heterocycles. The molecular weight excluding hydrogens is 384 g/mol. The number of hydrogen-bond acceptors (Lipinski definition) is 6. The van der Waals surface area contributed by atoms with Crippen molar-refractivity contribution >= 4 is 39.2 Å². The predicted molar refractivity (Wildman–Crippen MR) is 102 cm³/mol. The molecule has 0 radical (unpaired) electrons. The molecule has 2 aromatic carbocycles. The van der Waals surface area contributed by atoms with Gasteiger partial charge in [-0.15, -0.1) is 0 Å². The number of rotatable bonds is 5. The highest BCUT2D eigenvalue weighted by Gasteiger charge is 2.42. The first kappa shape index (κ1) is 19.6. The lowest BCUT2D eigenvalue weighted by Crippen LogP contribution is -2.51. The van der Waals surface area contributed by atoms with Gasteiger partial charge in [0.25, 0.3) is 10.0 Å². The first-order chi connectivity index (χ1) is 13.3. The SMILES string of the molecule is COC(=O)CCN1C(=O)N(c2ccc(C(C)=O)cc2)S(=O)(=O)c2ccccc21. The van der Waals surface area contributed by atoms with Crippen LogP contribution in [-0.2, 0) is 19.6 Å². The van der Waals surface area contributed by atoms with Crippen LogP contribution in [0.3, 0.4) is 0 Å². The summed E-state index contributed by atoms with van der Waals surface area (Å²) in [5.74, 6) is -0.694. The molecule has 8 nitrogen and oxygen atoms in total. The Bertz CT molecular complexity index is 1050. The number of fused-ring (bicyclic) bond motifs is 1. The molecule has 0 saturated heterocycles. The van der Waals surface area contributed by atoms with Crippen LogP contribution in [0.15, 0.2) is 53.4 Å². The number of esters is 1. The zero-order valence-corrected chi connectivity index (χ0v) is 16.1. The number of ether oxygens (including phenoxy) is 1. The minimum atomic E-state index is -4.15. The smallest absolute Gasteiger partial charge is 0.343 e. The molecule has 1 heterocycles. The third kappa shape index (κ3) is 3.36. The monoisotopic (exact) mass is 402 g/mol. The van der Waals surface area contributed by atoms with Gasteiger partial charge in [0.15, 0.2) is 5.78 Å². The number of urea groups is 1. The van der Waals surface area contributed by atoms with Crippen molar-refractivity contribution in [3.8, 4) is 0 Å². The van der Waals surface area contributed by atoms with Crippen molar-refractivity contribution < 1.29 is 27.5 Å². The number of Topliss-reactive ketones (excluding diaryl/α,β-unsaturated/α-hetero) is 1. The van der Waals surface area contributed by atoms with Crippen molar-refractivity contribution in [3.63, 3.8) is 0 Å². The summed E-state index contributed by atoms with van der Waals surface area (Å²) in [5, 5.41) is 0. The molecule has 0 bridgehead atoms. The van der Waals surface area contributed by atoms with E-state index in [0.717, 1.165) is 0 Å². The first-order valence-electron chi connectivity index (χ1n) is 8.41. The predicted octanol–water partition coefficient (Wildman–Crippen LogP) is 2.59. The molecule has 0 N–H and O–H groups in total. The van der Waals surface area contributed by atoms with E-state index in [1.54, 1.807) is 12.1 Å². The lowest BCUT2D eigenvalue weighted by Gasteiger charge is -2.36. The normalized spacial score (nSPS) is 15.1.